The van der Waals surface area contributed by atoms with Gasteiger partial charge in [-0.2, -0.15) is 0 Å². The molecule has 0 unspecified atom stereocenters. The molecule has 0 N–H and O–H groups in total. The highest BCUT2D eigenvalue weighted by Gasteiger charge is 2.12. The minimum Gasteiger partial charge on any atom is -0.469 e. The highest BCUT2D eigenvalue weighted by molar-refractivity contribution is 9.11. The molecule has 2 heterocycles. The number of hydrogen-bond donors (Lipinski definition) is 0. The molecule has 0 aliphatic heterocycles. The first-order valence-corrected chi connectivity index (χ1v) is 6.28. The molecule has 0 spiro atoms. The molecule has 0 radical (unpaired) electrons. The van der Waals surface area contributed by atoms with E-state index < -0.39 is 0 Å². The summed E-state index contributed by atoms with van der Waals surface area (Å²) in [6.45, 7) is 5.59. The first-order valence-electron chi connectivity index (χ1n) is 4.51. The summed E-state index contributed by atoms with van der Waals surface area (Å²) in [5, 5.41) is 8.41. The van der Waals surface area contributed by atoms with E-state index >= 15 is 0 Å². The average Bonchev–Trinajstić information content (AvgIpc) is 2.83. The minimum absolute atomic E-state index is 0.480. The first kappa shape index (κ1) is 11.5. The summed E-state index contributed by atoms with van der Waals surface area (Å²) in [5.41, 5.74) is 0.831. The van der Waals surface area contributed by atoms with Crippen LogP contribution in [0.15, 0.2) is 37.4 Å². The molecule has 84 valence electrons. The Hall–Kier alpha value is -1.01. The van der Waals surface area contributed by atoms with Gasteiger partial charge in [0.2, 0.25) is 0 Å². The molecule has 0 amide bonds. The Morgan fingerprint density at radius 3 is 3.00 bits per heavy atom. The van der Waals surface area contributed by atoms with Crippen LogP contribution >= 0.6 is 27.7 Å². The van der Waals surface area contributed by atoms with Crippen molar-refractivity contribution in [3.05, 3.63) is 29.2 Å². The maximum Gasteiger partial charge on any atom is 0.277 e. The van der Waals surface area contributed by atoms with Gasteiger partial charge >= 0.3 is 0 Å². The number of furan rings is 1. The van der Waals surface area contributed by atoms with Crippen molar-refractivity contribution in [3.8, 4) is 11.5 Å². The molecule has 0 aliphatic rings. The lowest BCUT2D eigenvalue weighted by Crippen LogP contribution is -1.76. The summed E-state index contributed by atoms with van der Waals surface area (Å²) >= 11 is 4.70. The standard InChI is InChI=1S/C10H9BrN2O2S/c1-6(11)5-16-10-13-12-9(15-10)8-3-4-14-7(8)2/h3-4H,1,5H2,2H3. The van der Waals surface area contributed by atoms with Gasteiger partial charge < -0.3 is 8.83 Å². The van der Waals surface area contributed by atoms with Gasteiger partial charge in [0.1, 0.15) is 5.76 Å². The Bertz CT molecular complexity index is 506. The normalized spacial score (nSPS) is 10.6. The summed E-state index contributed by atoms with van der Waals surface area (Å²) in [4.78, 5) is 0. The minimum atomic E-state index is 0.480. The number of hydrogen-bond acceptors (Lipinski definition) is 5. The molecule has 0 saturated carbocycles. The Morgan fingerprint density at radius 1 is 1.56 bits per heavy atom. The number of rotatable bonds is 4. The van der Waals surface area contributed by atoms with Crippen LogP contribution in [0.25, 0.3) is 11.5 Å². The second-order valence-corrected chi connectivity index (χ2v) is 5.12. The Morgan fingerprint density at radius 2 is 2.38 bits per heavy atom. The number of aryl methyl sites for hydroxylation is 1. The van der Waals surface area contributed by atoms with E-state index in [2.05, 4.69) is 32.7 Å². The molecular formula is C10H9BrN2O2S. The van der Waals surface area contributed by atoms with Crippen LogP contribution in [0, 0.1) is 6.92 Å². The van der Waals surface area contributed by atoms with Crippen LogP contribution in [0.1, 0.15) is 5.76 Å². The van der Waals surface area contributed by atoms with E-state index in [1.54, 1.807) is 12.3 Å². The second-order valence-electron chi connectivity index (χ2n) is 3.07. The fourth-order valence-corrected chi connectivity index (χ4v) is 1.98. The van der Waals surface area contributed by atoms with Gasteiger partial charge in [-0.15, -0.1) is 10.2 Å². The third-order valence-corrected chi connectivity index (χ3v) is 3.40. The summed E-state index contributed by atoms with van der Waals surface area (Å²) in [6, 6.07) is 1.81. The van der Waals surface area contributed by atoms with E-state index in [0.717, 1.165) is 15.8 Å². The number of aromatic nitrogens is 2. The van der Waals surface area contributed by atoms with Crippen molar-refractivity contribution < 1.29 is 8.83 Å². The Labute approximate surface area is 105 Å². The van der Waals surface area contributed by atoms with Crippen LogP contribution in [-0.2, 0) is 0 Å². The molecule has 0 saturated heterocycles. The van der Waals surface area contributed by atoms with Crippen molar-refractivity contribution >= 4 is 27.7 Å². The Kier molecular flexibility index (Phi) is 3.50. The quantitative estimate of drug-likeness (QED) is 0.807. The molecule has 0 aromatic carbocycles. The predicted molar refractivity (Wildman–Crippen MR) is 65.5 cm³/mol. The van der Waals surface area contributed by atoms with E-state index in [-0.39, 0.29) is 0 Å². The van der Waals surface area contributed by atoms with Crippen molar-refractivity contribution in [1.82, 2.24) is 10.2 Å². The fraction of sp³-hybridized carbons (Fsp3) is 0.200. The molecule has 0 atom stereocenters. The van der Waals surface area contributed by atoms with E-state index in [0.29, 0.717) is 16.9 Å². The molecule has 2 aromatic heterocycles. The third-order valence-electron chi connectivity index (χ3n) is 1.85. The van der Waals surface area contributed by atoms with Gasteiger partial charge in [0.05, 0.1) is 11.8 Å². The van der Waals surface area contributed by atoms with Crippen LogP contribution in [0.4, 0.5) is 0 Å². The summed E-state index contributed by atoms with van der Waals surface area (Å²) in [6.07, 6.45) is 1.60. The van der Waals surface area contributed by atoms with Crippen molar-refractivity contribution in [1.29, 1.82) is 0 Å². The lowest BCUT2D eigenvalue weighted by Gasteiger charge is -1.92. The average molecular weight is 301 g/mol. The van der Waals surface area contributed by atoms with Gasteiger partial charge in [0.25, 0.3) is 11.1 Å². The monoisotopic (exact) mass is 300 g/mol. The maximum atomic E-state index is 5.48. The van der Waals surface area contributed by atoms with Gasteiger partial charge in [0.15, 0.2) is 0 Å². The van der Waals surface area contributed by atoms with Crippen LogP contribution < -0.4 is 0 Å². The van der Waals surface area contributed by atoms with Crippen molar-refractivity contribution in [2.24, 2.45) is 0 Å². The van der Waals surface area contributed by atoms with Crippen molar-refractivity contribution in [2.75, 3.05) is 5.75 Å². The largest absolute Gasteiger partial charge is 0.469 e. The SMILES string of the molecule is C=C(Br)CSc1nnc(-c2ccoc2C)o1. The van der Waals surface area contributed by atoms with Crippen LogP contribution in [-0.4, -0.2) is 16.0 Å². The van der Waals surface area contributed by atoms with Crippen molar-refractivity contribution in [2.45, 2.75) is 12.1 Å². The van der Waals surface area contributed by atoms with Gasteiger partial charge in [-0.3, -0.25) is 0 Å². The molecule has 0 fully saturated rings. The molecule has 0 aliphatic carbocycles. The lowest BCUT2D eigenvalue weighted by molar-refractivity contribution is 0.464. The topological polar surface area (TPSA) is 52.1 Å². The van der Waals surface area contributed by atoms with Gasteiger partial charge in [-0.25, -0.2) is 0 Å². The fourth-order valence-electron chi connectivity index (χ4n) is 1.12. The van der Waals surface area contributed by atoms with Gasteiger partial charge in [-0.1, -0.05) is 34.3 Å². The smallest absolute Gasteiger partial charge is 0.277 e. The molecule has 16 heavy (non-hydrogen) atoms. The van der Waals surface area contributed by atoms with Gasteiger partial charge in [0, 0.05) is 5.75 Å². The highest BCUT2D eigenvalue weighted by atomic mass is 79.9. The summed E-state index contributed by atoms with van der Waals surface area (Å²) in [7, 11) is 0. The van der Waals surface area contributed by atoms with E-state index in [4.69, 9.17) is 8.83 Å². The number of thioether (sulfide) groups is 1. The highest BCUT2D eigenvalue weighted by Crippen LogP contribution is 2.27. The molecule has 2 rings (SSSR count). The maximum absolute atomic E-state index is 5.48. The zero-order valence-corrected chi connectivity index (χ0v) is 11.0. The molecule has 2 aromatic rings. The van der Waals surface area contributed by atoms with Crippen molar-refractivity contribution in [3.63, 3.8) is 0 Å². The van der Waals surface area contributed by atoms with Crippen LogP contribution in [0.2, 0.25) is 0 Å². The first-order chi connectivity index (χ1) is 7.66. The molecule has 6 heteroatoms. The number of halogens is 1. The molecule has 0 bridgehead atoms. The summed E-state index contributed by atoms with van der Waals surface area (Å²) < 4.78 is 11.5. The zero-order chi connectivity index (χ0) is 11.5. The van der Waals surface area contributed by atoms with Crippen LogP contribution in [0.3, 0.4) is 0 Å². The molecule has 4 nitrogen and oxygen atoms in total. The lowest BCUT2D eigenvalue weighted by atomic mass is 10.3. The number of nitrogens with zero attached hydrogens (tertiary/aromatic N) is 2. The van der Waals surface area contributed by atoms with E-state index in [9.17, 15) is 0 Å². The second kappa shape index (κ2) is 4.88. The van der Waals surface area contributed by atoms with E-state index in [1.807, 2.05) is 6.92 Å². The zero-order valence-electron chi connectivity index (χ0n) is 8.57. The third kappa shape index (κ3) is 2.56. The van der Waals surface area contributed by atoms with Crippen LogP contribution in [0.5, 0.6) is 0 Å². The summed E-state index contributed by atoms with van der Waals surface area (Å²) in [5.74, 6) is 1.95. The molecular weight excluding hydrogens is 292 g/mol. The predicted octanol–water partition coefficient (Wildman–Crippen LogP) is 3.64. The Balaban J connectivity index is 2.14. The van der Waals surface area contributed by atoms with Gasteiger partial charge in [-0.05, 0) is 17.5 Å². The van der Waals surface area contributed by atoms with E-state index in [1.165, 1.54) is 11.8 Å².